The molecule has 1 amide bonds. The van der Waals surface area contributed by atoms with Crippen LogP contribution in [0.15, 0.2) is 35.2 Å². The van der Waals surface area contributed by atoms with Crippen LogP contribution in [0.2, 0.25) is 0 Å². The molecule has 6 nitrogen and oxygen atoms in total. The zero-order valence-corrected chi connectivity index (χ0v) is 14.5. The van der Waals surface area contributed by atoms with E-state index >= 15 is 0 Å². The molecule has 1 aromatic rings. The van der Waals surface area contributed by atoms with Gasteiger partial charge in [-0.25, -0.2) is 8.42 Å². The van der Waals surface area contributed by atoms with Crippen molar-refractivity contribution < 1.29 is 17.9 Å². The average Bonchev–Trinajstić information content (AvgIpc) is 2.63. The second-order valence-corrected chi connectivity index (χ2v) is 8.29. The van der Waals surface area contributed by atoms with Crippen molar-refractivity contribution in [1.82, 2.24) is 9.62 Å². The van der Waals surface area contributed by atoms with Gasteiger partial charge in [0.1, 0.15) is 6.10 Å². The first kappa shape index (κ1) is 17.4. The molecule has 2 saturated heterocycles. The number of nitrogens with one attached hydrogen (secondary N) is 1. The van der Waals surface area contributed by atoms with Crippen molar-refractivity contribution in [3.05, 3.63) is 30.3 Å². The van der Waals surface area contributed by atoms with Crippen molar-refractivity contribution in [2.75, 3.05) is 19.7 Å². The number of carbonyl (C=O) groups excluding carboxylic acids is 1. The average molecular weight is 352 g/mol. The molecular weight excluding hydrogens is 328 g/mol. The number of hydrogen-bond acceptors (Lipinski definition) is 4. The summed E-state index contributed by atoms with van der Waals surface area (Å²) in [4.78, 5) is 12.5. The summed E-state index contributed by atoms with van der Waals surface area (Å²) < 4.78 is 32.2. The van der Waals surface area contributed by atoms with E-state index in [0.29, 0.717) is 37.4 Å². The normalized spacial score (nSPS) is 23.8. The van der Waals surface area contributed by atoms with Crippen LogP contribution in [0.25, 0.3) is 0 Å². The van der Waals surface area contributed by atoms with Crippen LogP contribution in [0, 0.1) is 0 Å². The predicted molar refractivity (Wildman–Crippen MR) is 90.0 cm³/mol. The monoisotopic (exact) mass is 352 g/mol. The molecule has 132 valence electrons. The molecule has 0 radical (unpaired) electrons. The van der Waals surface area contributed by atoms with E-state index in [4.69, 9.17) is 4.74 Å². The Labute approximate surface area is 143 Å². The molecule has 7 heteroatoms. The number of nitrogens with zero attached hydrogens (tertiary/aromatic N) is 1. The number of amides is 1. The SMILES string of the molecule is O=C(NC1CCN(S(=O)(=O)c2ccccc2)CC1)[C@H]1CCCCO1. The number of sulfonamides is 1. The van der Waals surface area contributed by atoms with E-state index in [9.17, 15) is 13.2 Å². The van der Waals surface area contributed by atoms with Gasteiger partial charge in [-0.05, 0) is 44.2 Å². The molecule has 0 aromatic heterocycles. The molecule has 24 heavy (non-hydrogen) atoms. The Kier molecular flexibility index (Phi) is 5.53. The topological polar surface area (TPSA) is 75.7 Å². The van der Waals surface area contributed by atoms with Crippen molar-refractivity contribution in [1.29, 1.82) is 0 Å². The Hall–Kier alpha value is -1.44. The van der Waals surface area contributed by atoms with Crippen LogP contribution in [-0.4, -0.2) is 50.5 Å². The molecule has 0 unspecified atom stereocenters. The first-order chi connectivity index (χ1) is 11.6. The van der Waals surface area contributed by atoms with Gasteiger partial charge in [0.2, 0.25) is 15.9 Å². The van der Waals surface area contributed by atoms with E-state index in [2.05, 4.69) is 5.32 Å². The summed E-state index contributed by atoms with van der Waals surface area (Å²) >= 11 is 0. The van der Waals surface area contributed by atoms with Gasteiger partial charge in [-0.15, -0.1) is 0 Å². The van der Waals surface area contributed by atoms with Crippen LogP contribution in [0.3, 0.4) is 0 Å². The molecule has 0 saturated carbocycles. The summed E-state index contributed by atoms with van der Waals surface area (Å²) in [6.07, 6.45) is 3.72. The zero-order chi connectivity index (χ0) is 17.0. The molecule has 2 fully saturated rings. The Balaban J connectivity index is 1.53. The molecular formula is C17H24N2O4S. The summed E-state index contributed by atoms with van der Waals surface area (Å²) in [5.74, 6) is -0.0564. The third kappa shape index (κ3) is 3.96. The van der Waals surface area contributed by atoms with Gasteiger partial charge in [0.25, 0.3) is 0 Å². The van der Waals surface area contributed by atoms with Crippen LogP contribution in [0.5, 0.6) is 0 Å². The lowest BCUT2D eigenvalue weighted by Gasteiger charge is -2.32. The Morgan fingerprint density at radius 1 is 1.08 bits per heavy atom. The van der Waals surface area contributed by atoms with Gasteiger partial charge in [-0.2, -0.15) is 4.31 Å². The van der Waals surface area contributed by atoms with E-state index in [0.717, 1.165) is 19.3 Å². The van der Waals surface area contributed by atoms with Gasteiger partial charge in [0.05, 0.1) is 4.90 Å². The van der Waals surface area contributed by atoms with Crippen LogP contribution >= 0.6 is 0 Å². The molecule has 1 aromatic carbocycles. The minimum Gasteiger partial charge on any atom is -0.368 e. The van der Waals surface area contributed by atoms with E-state index < -0.39 is 10.0 Å². The number of ether oxygens (including phenoxy) is 1. The number of hydrogen-bond donors (Lipinski definition) is 1. The zero-order valence-electron chi connectivity index (χ0n) is 13.7. The Morgan fingerprint density at radius 3 is 2.42 bits per heavy atom. The Morgan fingerprint density at radius 2 is 1.79 bits per heavy atom. The van der Waals surface area contributed by atoms with Crippen LogP contribution in [-0.2, 0) is 19.6 Å². The lowest BCUT2D eigenvalue weighted by molar-refractivity contribution is -0.136. The van der Waals surface area contributed by atoms with Crippen LogP contribution in [0.4, 0.5) is 0 Å². The van der Waals surface area contributed by atoms with E-state index in [1.807, 2.05) is 0 Å². The largest absolute Gasteiger partial charge is 0.368 e. The highest BCUT2D eigenvalue weighted by Gasteiger charge is 2.31. The summed E-state index contributed by atoms with van der Waals surface area (Å²) in [6.45, 7) is 1.49. The first-order valence-electron chi connectivity index (χ1n) is 8.54. The highest BCUT2D eigenvalue weighted by molar-refractivity contribution is 7.89. The maximum absolute atomic E-state index is 12.6. The van der Waals surface area contributed by atoms with Crippen LogP contribution in [0.1, 0.15) is 32.1 Å². The third-order valence-corrected chi connectivity index (χ3v) is 6.57. The predicted octanol–water partition coefficient (Wildman–Crippen LogP) is 1.52. The van der Waals surface area contributed by atoms with Crippen molar-refractivity contribution in [2.45, 2.75) is 49.1 Å². The maximum atomic E-state index is 12.6. The minimum absolute atomic E-state index is 0.0187. The quantitative estimate of drug-likeness (QED) is 0.891. The summed E-state index contributed by atoms with van der Waals surface area (Å²) in [7, 11) is -3.44. The standard InChI is InChI=1S/C17H24N2O4S/c20-17(16-8-4-5-13-23-16)18-14-9-11-19(12-10-14)24(21,22)15-6-2-1-3-7-15/h1-3,6-7,14,16H,4-5,8-13H2,(H,18,20)/t16-/m1/s1. The summed E-state index contributed by atoms with van der Waals surface area (Å²) in [5, 5.41) is 3.01. The molecule has 0 bridgehead atoms. The molecule has 3 rings (SSSR count). The van der Waals surface area contributed by atoms with Crippen molar-refractivity contribution >= 4 is 15.9 Å². The first-order valence-corrected chi connectivity index (χ1v) is 9.98. The van der Waals surface area contributed by atoms with Gasteiger partial charge in [-0.1, -0.05) is 18.2 Å². The molecule has 0 aliphatic carbocycles. The van der Waals surface area contributed by atoms with Gasteiger partial charge in [0.15, 0.2) is 0 Å². The van der Waals surface area contributed by atoms with E-state index in [1.165, 1.54) is 4.31 Å². The lowest BCUT2D eigenvalue weighted by Crippen LogP contribution is -2.49. The highest BCUT2D eigenvalue weighted by Crippen LogP contribution is 2.21. The molecule has 1 N–H and O–H groups in total. The van der Waals surface area contributed by atoms with Crippen LogP contribution < -0.4 is 5.32 Å². The molecule has 2 aliphatic rings. The van der Waals surface area contributed by atoms with E-state index in [-0.39, 0.29) is 18.1 Å². The maximum Gasteiger partial charge on any atom is 0.249 e. The number of carbonyl (C=O) groups is 1. The smallest absolute Gasteiger partial charge is 0.249 e. The Bertz CT molecular complexity index is 648. The minimum atomic E-state index is -3.44. The van der Waals surface area contributed by atoms with Gasteiger partial charge < -0.3 is 10.1 Å². The number of piperidine rings is 1. The molecule has 1 atom stereocenters. The fourth-order valence-corrected chi connectivity index (χ4v) is 4.71. The lowest BCUT2D eigenvalue weighted by atomic mass is 10.0. The fourth-order valence-electron chi connectivity index (χ4n) is 3.22. The van der Waals surface area contributed by atoms with Crippen molar-refractivity contribution in [2.24, 2.45) is 0 Å². The van der Waals surface area contributed by atoms with Crippen molar-refractivity contribution in [3.63, 3.8) is 0 Å². The fraction of sp³-hybridized carbons (Fsp3) is 0.588. The van der Waals surface area contributed by atoms with Gasteiger partial charge in [-0.3, -0.25) is 4.79 Å². The molecule has 2 aliphatic heterocycles. The second kappa shape index (κ2) is 7.63. The molecule has 0 spiro atoms. The summed E-state index contributed by atoms with van der Waals surface area (Å²) in [5.41, 5.74) is 0. The second-order valence-electron chi connectivity index (χ2n) is 6.36. The van der Waals surface area contributed by atoms with Gasteiger partial charge in [0, 0.05) is 25.7 Å². The molecule has 2 heterocycles. The highest BCUT2D eigenvalue weighted by atomic mass is 32.2. The van der Waals surface area contributed by atoms with Gasteiger partial charge >= 0.3 is 0 Å². The van der Waals surface area contributed by atoms with Crippen molar-refractivity contribution in [3.8, 4) is 0 Å². The number of benzene rings is 1. The van der Waals surface area contributed by atoms with E-state index in [1.54, 1.807) is 30.3 Å². The third-order valence-electron chi connectivity index (χ3n) is 4.65. The summed E-state index contributed by atoms with van der Waals surface area (Å²) in [6, 6.07) is 8.50. The number of rotatable bonds is 4.